The molecule has 116 valence electrons. The van der Waals surface area contributed by atoms with E-state index >= 15 is 0 Å². The molecular formula is C15H20F3NOSi. The molecule has 0 spiro atoms. The average Bonchev–Trinajstić information content (AvgIpc) is 2.65. The van der Waals surface area contributed by atoms with Crippen molar-refractivity contribution >= 4 is 19.2 Å². The molecule has 2 nitrogen and oxygen atoms in total. The Morgan fingerprint density at radius 3 is 2.05 bits per heavy atom. The molecule has 0 aromatic heterocycles. The van der Waals surface area contributed by atoms with Gasteiger partial charge in [0.25, 0.3) is 0 Å². The van der Waals surface area contributed by atoms with Gasteiger partial charge >= 0.3 is 0 Å². The molecule has 0 bridgehead atoms. The maximum absolute atomic E-state index is 14.8. The van der Waals surface area contributed by atoms with Gasteiger partial charge in [-0.2, -0.15) is 0 Å². The van der Waals surface area contributed by atoms with Gasteiger partial charge in [0.15, 0.2) is 11.6 Å². The molecule has 6 heteroatoms. The predicted molar refractivity (Wildman–Crippen MR) is 80.6 cm³/mol. The average molecular weight is 315 g/mol. The topological polar surface area (TPSA) is 21.6 Å². The Bertz CT molecular complexity index is 633. The number of aliphatic imine (C=N–C) groups is 1. The predicted octanol–water partition coefficient (Wildman–Crippen LogP) is 3.51. The molecule has 1 aromatic rings. The first kappa shape index (κ1) is 16.1. The molecule has 0 saturated heterocycles. The van der Waals surface area contributed by atoms with Crippen LogP contribution in [0, 0.1) is 24.4 Å². The number of hydrogen-bond acceptors (Lipinski definition) is 2. The second kappa shape index (κ2) is 4.86. The van der Waals surface area contributed by atoms with Crippen LogP contribution in [0.1, 0.15) is 25.0 Å². The highest BCUT2D eigenvalue weighted by molar-refractivity contribution is 6.88. The van der Waals surface area contributed by atoms with E-state index in [-0.39, 0.29) is 22.2 Å². The standard InChI is InChI=1S/C15H20F3NOSi/c1-8-9(14-19-15(2,3)7-20-14)11(17)13(21(4,5)6)12(18)10(8)16/h7H2,1-6H3. The molecular weight excluding hydrogens is 295 g/mol. The zero-order valence-electron chi connectivity index (χ0n) is 13.2. The molecule has 0 aliphatic carbocycles. The van der Waals surface area contributed by atoms with Crippen molar-refractivity contribution in [2.24, 2.45) is 4.99 Å². The zero-order chi connectivity index (χ0) is 16.2. The van der Waals surface area contributed by atoms with Crippen molar-refractivity contribution in [2.45, 2.75) is 46.0 Å². The maximum Gasteiger partial charge on any atom is 0.220 e. The van der Waals surface area contributed by atoms with Crippen molar-refractivity contribution < 1.29 is 17.9 Å². The summed E-state index contributed by atoms with van der Waals surface area (Å²) in [5.74, 6) is -2.76. The number of hydrogen-bond donors (Lipinski definition) is 0. The Hall–Kier alpha value is -1.30. The molecule has 0 saturated carbocycles. The third-order valence-corrected chi connectivity index (χ3v) is 5.42. The van der Waals surface area contributed by atoms with Crippen LogP contribution in [0.25, 0.3) is 0 Å². The van der Waals surface area contributed by atoms with E-state index in [9.17, 15) is 13.2 Å². The minimum Gasteiger partial charge on any atom is -0.475 e. The summed E-state index contributed by atoms with van der Waals surface area (Å²) in [6, 6.07) is 0. The summed E-state index contributed by atoms with van der Waals surface area (Å²) in [4.78, 5) is 4.29. The minimum absolute atomic E-state index is 0.0445. The molecule has 0 atom stereocenters. The van der Waals surface area contributed by atoms with Gasteiger partial charge in [-0.3, -0.25) is 0 Å². The van der Waals surface area contributed by atoms with E-state index in [0.29, 0.717) is 6.61 Å². The molecule has 0 fully saturated rings. The van der Waals surface area contributed by atoms with E-state index < -0.39 is 31.1 Å². The highest BCUT2D eigenvalue weighted by Crippen LogP contribution is 2.27. The lowest BCUT2D eigenvalue weighted by molar-refractivity contribution is 0.278. The van der Waals surface area contributed by atoms with Crippen molar-refractivity contribution in [3.05, 3.63) is 28.6 Å². The van der Waals surface area contributed by atoms with Gasteiger partial charge in [-0.1, -0.05) is 19.6 Å². The molecule has 1 aliphatic rings. The number of ether oxygens (including phenoxy) is 1. The molecule has 0 radical (unpaired) electrons. The van der Waals surface area contributed by atoms with Crippen molar-refractivity contribution in [1.29, 1.82) is 0 Å². The van der Waals surface area contributed by atoms with Crippen LogP contribution >= 0.6 is 0 Å². The first-order valence-electron chi connectivity index (χ1n) is 6.86. The van der Waals surface area contributed by atoms with Crippen LogP contribution in [0.2, 0.25) is 19.6 Å². The third kappa shape index (κ3) is 2.73. The van der Waals surface area contributed by atoms with Crippen molar-refractivity contribution in [2.75, 3.05) is 6.61 Å². The second-order valence-electron chi connectivity index (χ2n) is 7.09. The molecule has 21 heavy (non-hydrogen) atoms. The fourth-order valence-corrected chi connectivity index (χ4v) is 3.95. The van der Waals surface area contributed by atoms with Gasteiger partial charge in [0, 0.05) is 10.8 Å². The number of benzene rings is 1. The van der Waals surface area contributed by atoms with E-state index in [1.165, 1.54) is 6.92 Å². The summed E-state index contributed by atoms with van der Waals surface area (Å²) in [6.07, 6.45) is 0. The highest BCUT2D eigenvalue weighted by Gasteiger charge is 2.36. The summed E-state index contributed by atoms with van der Waals surface area (Å²) in [7, 11) is -2.40. The van der Waals surface area contributed by atoms with Crippen LogP contribution in [0.5, 0.6) is 0 Å². The number of nitrogens with zero attached hydrogens (tertiary/aromatic N) is 1. The van der Waals surface area contributed by atoms with E-state index in [0.717, 1.165) is 0 Å². The third-order valence-electron chi connectivity index (χ3n) is 3.49. The van der Waals surface area contributed by atoms with Gasteiger partial charge in [0.05, 0.1) is 19.2 Å². The van der Waals surface area contributed by atoms with Gasteiger partial charge < -0.3 is 4.74 Å². The molecule has 0 unspecified atom stereocenters. The lowest BCUT2D eigenvalue weighted by Gasteiger charge is -2.22. The van der Waals surface area contributed by atoms with Crippen molar-refractivity contribution in [3.8, 4) is 0 Å². The Labute approximate surface area is 124 Å². The molecule has 1 heterocycles. The van der Waals surface area contributed by atoms with Gasteiger partial charge in [-0.05, 0) is 20.8 Å². The highest BCUT2D eigenvalue weighted by atomic mass is 28.3. The number of halogens is 3. The smallest absolute Gasteiger partial charge is 0.220 e. The molecule has 1 aromatic carbocycles. The van der Waals surface area contributed by atoms with Crippen LogP contribution in [-0.4, -0.2) is 26.1 Å². The first-order chi connectivity index (χ1) is 9.46. The fourth-order valence-electron chi connectivity index (χ4n) is 2.40. The normalized spacial score (nSPS) is 17.7. The van der Waals surface area contributed by atoms with Gasteiger partial charge in [-0.25, -0.2) is 18.2 Å². The SMILES string of the molecule is Cc1c(F)c(F)c([Si](C)(C)C)c(F)c1C1=NC(C)(C)CO1. The first-order valence-corrected chi connectivity index (χ1v) is 10.4. The Morgan fingerprint density at radius 1 is 1.05 bits per heavy atom. The summed E-state index contributed by atoms with van der Waals surface area (Å²) in [5.41, 5.74) is -0.626. The van der Waals surface area contributed by atoms with E-state index in [2.05, 4.69) is 4.99 Å². The van der Waals surface area contributed by atoms with Gasteiger partial charge in [0.2, 0.25) is 5.90 Å². The summed E-state index contributed by atoms with van der Waals surface area (Å²) >= 11 is 0. The van der Waals surface area contributed by atoms with Gasteiger partial charge in [-0.15, -0.1) is 0 Å². The van der Waals surface area contributed by atoms with Gasteiger partial charge in [0.1, 0.15) is 12.4 Å². The maximum atomic E-state index is 14.8. The zero-order valence-corrected chi connectivity index (χ0v) is 14.2. The Kier molecular flexibility index (Phi) is 3.72. The Morgan fingerprint density at radius 2 is 1.62 bits per heavy atom. The minimum atomic E-state index is -2.40. The van der Waals surface area contributed by atoms with Crippen LogP contribution in [0.3, 0.4) is 0 Å². The summed E-state index contributed by atoms with van der Waals surface area (Å²) in [6.45, 7) is 10.6. The second-order valence-corrected chi connectivity index (χ2v) is 12.1. The van der Waals surface area contributed by atoms with Crippen molar-refractivity contribution in [3.63, 3.8) is 0 Å². The Balaban J connectivity index is 2.77. The van der Waals surface area contributed by atoms with Crippen LogP contribution < -0.4 is 5.19 Å². The quantitative estimate of drug-likeness (QED) is 0.604. The molecule has 0 N–H and O–H groups in total. The lowest BCUT2D eigenvalue weighted by Crippen LogP contribution is -2.44. The van der Waals surface area contributed by atoms with Crippen LogP contribution in [-0.2, 0) is 4.74 Å². The summed E-state index contributed by atoms with van der Waals surface area (Å²) in [5, 5.41) is -0.142. The van der Waals surface area contributed by atoms with E-state index in [1.807, 2.05) is 13.8 Å². The molecule has 0 amide bonds. The summed E-state index contributed by atoms with van der Waals surface area (Å²) < 4.78 is 48.6. The molecule has 1 aliphatic heterocycles. The fraction of sp³-hybridized carbons (Fsp3) is 0.533. The lowest BCUT2D eigenvalue weighted by atomic mass is 10.1. The van der Waals surface area contributed by atoms with E-state index in [4.69, 9.17) is 4.74 Å². The van der Waals surface area contributed by atoms with Crippen molar-refractivity contribution in [1.82, 2.24) is 0 Å². The number of rotatable bonds is 2. The van der Waals surface area contributed by atoms with Crippen LogP contribution in [0.15, 0.2) is 4.99 Å². The monoisotopic (exact) mass is 315 g/mol. The van der Waals surface area contributed by atoms with E-state index in [1.54, 1.807) is 19.6 Å². The molecule has 2 rings (SSSR count). The largest absolute Gasteiger partial charge is 0.475 e. The van der Waals surface area contributed by atoms with Crippen LogP contribution in [0.4, 0.5) is 13.2 Å².